The highest BCUT2D eigenvalue weighted by molar-refractivity contribution is 5.69. The first-order valence-electron chi connectivity index (χ1n) is 6.71. The zero-order valence-corrected chi connectivity index (χ0v) is 10.9. The third kappa shape index (κ3) is 2.59. The second-order valence-corrected chi connectivity index (χ2v) is 4.89. The van der Waals surface area contributed by atoms with Gasteiger partial charge in [0.15, 0.2) is 11.6 Å². The fraction of sp³-hybridized carbons (Fsp3) is 0.250. The number of allylic oxidation sites excluding steroid dienone is 2. The van der Waals surface area contributed by atoms with E-state index in [-0.39, 0.29) is 11.6 Å². The van der Waals surface area contributed by atoms with Crippen LogP contribution in [-0.4, -0.2) is 9.97 Å². The van der Waals surface area contributed by atoms with Crippen molar-refractivity contribution >= 4 is 5.57 Å². The molecule has 0 bridgehead atoms. The van der Waals surface area contributed by atoms with Crippen LogP contribution in [0.15, 0.2) is 36.7 Å². The van der Waals surface area contributed by atoms with Crippen LogP contribution in [-0.2, 0) is 0 Å². The van der Waals surface area contributed by atoms with E-state index in [0.29, 0.717) is 5.56 Å². The van der Waals surface area contributed by atoms with Crippen LogP contribution in [0.5, 0.6) is 0 Å². The summed E-state index contributed by atoms with van der Waals surface area (Å²) in [7, 11) is 0. The van der Waals surface area contributed by atoms with Gasteiger partial charge in [0.05, 0.1) is 18.0 Å². The lowest BCUT2D eigenvalue weighted by atomic mass is 9.93. The quantitative estimate of drug-likeness (QED) is 0.810. The van der Waals surface area contributed by atoms with Crippen LogP contribution in [0.3, 0.4) is 0 Å². The normalized spacial score (nSPS) is 15.0. The van der Waals surface area contributed by atoms with Crippen LogP contribution in [0.4, 0.5) is 8.78 Å². The summed E-state index contributed by atoms with van der Waals surface area (Å²) in [6.07, 6.45) is 8.65. The van der Waals surface area contributed by atoms with Crippen molar-refractivity contribution in [2.45, 2.75) is 25.7 Å². The number of hydrogen-bond acceptors (Lipinski definition) is 2. The number of aromatic nitrogens is 2. The Morgan fingerprint density at radius 1 is 1.00 bits per heavy atom. The van der Waals surface area contributed by atoms with Gasteiger partial charge in [-0.3, -0.25) is 0 Å². The summed E-state index contributed by atoms with van der Waals surface area (Å²) in [5.74, 6) is -0.702. The minimum atomic E-state index is -0.530. The van der Waals surface area contributed by atoms with Gasteiger partial charge in [-0.05, 0) is 49.0 Å². The van der Waals surface area contributed by atoms with E-state index in [1.54, 1.807) is 6.07 Å². The van der Waals surface area contributed by atoms with Gasteiger partial charge in [0.1, 0.15) is 5.82 Å². The van der Waals surface area contributed by atoms with Gasteiger partial charge in [0.25, 0.3) is 0 Å². The van der Waals surface area contributed by atoms with Crippen molar-refractivity contribution in [3.05, 3.63) is 53.9 Å². The molecule has 1 heterocycles. The molecule has 0 saturated heterocycles. The summed E-state index contributed by atoms with van der Waals surface area (Å²) in [5, 5.41) is 0. The molecule has 0 aliphatic heterocycles. The molecule has 0 radical (unpaired) electrons. The number of rotatable bonds is 2. The molecule has 0 atom stereocenters. The largest absolute Gasteiger partial charge is 0.233 e. The standard InChI is InChI=1S/C16H14F2N2/c17-13-9-19-16(20-10-13)14-7-6-12(8-15(14)18)11-4-2-1-3-5-11/h4,6-10H,1-3,5H2. The molecule has 2 aromatic rings. The van der Waals surface area contributed by atoms with E-state index in [1.807, 2.05) is 6.07 Å². The fourth-order valence-corrected chi connectivity index (χ4v) is 2.45. The average molecular weight is 272 g/mol. The lowest BCUT2D eigenvalue weighted by Crippen LogP contribution is -1.96. The highest BCUT2D eigenvalue weighted by atomic mass is 19.1. The Morgan fingerprint density at radius 3 is 2.45 bits per heavy atom. The highest BCUT2D eigenvalue weighted by Gasteiger charge is 2.12. The Kier molecular flexibility index (Phi) is 3.54. The Labute approximate surface area is 116 Å². The van der Waals surface area contributed by atoms with Crippen molar-refractivity contribution in [1.82, 2.24) is 9.97 Å². The summed E-state index contributed by atoms with van der Waals surface area (Å²) in [4.78, 5) is 7.62. The summed E-state index contributed by atoms with van der Waals surface area (Å²) in [6, 6.07) is 5.05. The first-order valence-corrected chi connectivity index (χ1v) is 6.71. The van der Waals surface area contributed by atoms with Crippen LogP contribution in [0.1, 0.15) is 31.2 Å². The van der Waals surface area contributed by atoms with Crippen LogP contribution < -0.4 is 0 Å². The molecular formula is C16H14F2N2. The van der Waals surface area contributed by atoms with E-state index in [2.05, 4.69) is 16.0 Å². The number of hydrogen-bond donors (Lipinski definition) is 0. The van der Waals surface area contributed by atoms with Gasteiger partial charge in [0.2, 0.25) is 0 Å². The molecule has 1 aromatic heterocycles. The molecule has 0 N–H and O–H groups in total. The maximum absolute atomic E-state index is 14.2. The average Bonchev–Trinajstić information content (AvgIpc) is 2.49. The lowest BCUT2D eigenvalue weighted by molar-refractivity contribution is 0.611. The summed E-state index contributed by atoms with van der Waals surface area (Å²) >= 11 is 0. The molecule has 0 unspecified atom stereocenters. The number of benzene rings is 1. The van der Waals surface area contributed by atoms with Crippen molar-refractivity contribution < 1.29 is 8.78 Å². The molecule has 102 valence electrons. The van der Waals surface area contributed by atoms with E-state index < -0.39 is 5.82 Å². The third-order valence-electron chi connectivity index (χ3n) is 3.49. The van der Waals surface area contributed by atoms with Crippen molar-refractivity contribution in [2.24, 2.45) is 0 Å². The van der Waals surface area contributed by atoms with Crippen molar-refractivity contribution in [3.8, 4) is 11.4 Å². The predicted octanol–water partition coefficient (Wildman–Crippen LogP) is 4.38. The molecule has 0 saturated carbocycles. The van der Waals surface area contributed by atoms with Crippen LogP contribution >= 0.6 is 0 Å². The maximum Gasteiger partial charge on any atom is 0.162 e. The highest BCUT2D eigenvalue weighted by Crippen LogP contribution is 2.29. The zero-order valence-electron chi connectivity index (χ0n) is 10.9. The van der Waals surface area contributed by atoms with Crippen molar-refractivity contribution in [2.75, 3.05) is 0 Å². The minimum absolute atomic E-state index is 0.202. The first kappa shape index (κ1) is 12.9. The molecule has 20 heavy (non-hydrogen) atoms. The van der Waals surface area contributed by atoms with E-state index in [9.17, 15) is 8.78 Å². The Hall–Kier alpha value is -2.10. The van der Waals surface area contributed by atoms with E-state index in [0.717, 1.165) is 37.2 Å². The zero-order chi connectivity index (χ0) is 13.9. The SMILES string of the molecule is Fc1cnc(-c2ccc(C3=CCCCC3)cc2F)nc1. The second-order valence-electron chi connectivity index (χ2n) is 4.89. The van der Waals surface area contributed by atoms with Crippen LogP contribution in [0.2, 0.25) is 0 Å². The van der Waals surface area contributed by atoms with Gasteiger partial charge in [-0.15, -0.1) is 0 Å². The molecular weight excluding hydrogens is 258 g/mol. The Bertz CT molecular complexity index is 648. The molecule has 2 nitrogen and oxygen atoms in total. The fourth-order valence-electron chi connectivity index (χ4n) is 2.45. The summed E-state index contributed by atoms with van der Waals surface area (Å²) < 4.78 is 27.0. The maximum atomic E-state index is 14.2. The van der Waals surface area contributed by atoms with Gasteiger partial charge in [-0.1, -0.05) is 12.1 Å². The van der Waals surface area contributed by atoms with E-state index >= 15 is 0 Å². The van der Waals surface area contributed by atoms with Crippen LogP contribution in [0.25, 0.3) is 17.0 Å². The topological polar surface area (TPSA) is 25.8 Å². The lowest BCUT2D eigenvalue weighted by Gasteiger charge is -2.13. The monoisotopic (exact) mass is 272 g/mol. The third-order valence-corrected chi connectivity index (χ3v) is 3.49. The van der Waals surface area contributed by atoms with Gasteiger partial charge < -0.3 is 0 Å². The minimum Gasteiger partial charge on any atom is -0.233 e. The Morgan fingerprint density at radius 2 is 1.80 bits per heavy atom. The summed E-state index contributed by atoms with van der Waals surface area (Å²) in [5.41, 5.74) is 2.40. The van der Waals surface area contributed by atoms with Gasteiger partial charge >= 0.3 is 0 Å². The molecule has 1 aliphatic rings. The first-order chi connectivity index (χ1) is 9.74. The van der Waals surface area contributed by atoms with Crippen molar-refractivity contribution in [1.29, 1.82) is 0 Å². The Balaban J connectivity index is 1.95. The number of nitrogens with zero attached hydrogens (tertiary/aromatic N) is 2. The smallest absolute Gasteiger partial charge is 0.162 e. The number of halogens is 2. The molecule has 0 fully saturated rings. The van der Waals surface area contributed by atoms with E-state index in [1.165, 1.54) is 18.1 Å². The van der Waals surface area contributed by atoms with Gasteiger partial charge in [-0.25, -0.2) is 18.7 Å². The molecule has 4 heteroatoms. The molecule has 3 rings (SSSR count). The van der Waals surface area contributed by atoms with Crippen LogP contribution in [0, 0.1) is 11.6 Å². The van der Waals surface area contributed by atoms with Gasteiger partial charge in [0, 0.05) is 0 Å². The summed E-state index contributed by atoms with van der Waals surface area (Å²) in [6.45, 7) is 0. The van der Waals surface area contributed by atoms with E-state index in [4.69, 9.17) is 0 Å². The second kappa shape index (κ2) is 5.49. The molecule has 1 aromatic carbocycles. The predicted molar refractivity (Wildman–Crippen MR) is 73.8 cm³/mol. The molecule has 0 amide bonds. The molecule has 0 spiro atoms. The van der Waals surface area contributed by atoms with Gasteiger partial charge in [-0.2, -0.15) is 0 Å². The van der Waals surface area contributed by atoms with Crippen molar-refractivity contribution in [3.63, 3.8) is 0 Å². The molecule has 1 aliphatic carbocycles.